The van der Waals surface area contributed by atoms with Crippen LogP contribution in [0, 0.1) is 0 Å². The number of nitrogens with one attached hydrogen (secondary N) is 2. The van der Waals surface area contributed by atoms with Gasteiger partial charge in [0.05, 0.1) is 24.4 Å². The van der Waals surface area contributed by atoms with E-state index in [-0.39, 0.29) is 17.6 Å². The van der Waals surface area contributed by atoms with Crippen LogP contribution in [-0.4, -0.2) is 42.6 Å². The Bertz CT molecular complexity index is 1720. The summed E-state index contributed by atoms with van der Waals surface area (Å²) in [6, 6.07) is 18.0. The lowest BCUT2D eigenvalue weighted by Crippen LogP contribution is -2.42. The molecule has 228 valence electrons. The number of fused-ring (bicyclic) bond motifs is 1. The molecule has 3 amide bonds. The molecule has 44 heavy (non-hydrogen) atoms. The number of hydrogen-bond acceptors (Lipinski definition) is 7. The summed E-state index contributed by atoms with van der Waals surface area (Å²) < 4.78 is 17.1. The van der Waals surface area contributed by atoms with Gasteiger partial charge in [-0.2, -0.15) is 0 Å². The lowest BCUT2D eigenvalue weighted by Gasteiger charge is -2.21. The van der Waals surface area contributed by atoms with Gasteiger partial charge in [0.25, 0.3) is 11.8 Å². The minimum atomic E-state index is -0.622. The maximum atomic E-state index is 13.3. The molecule has 1 aliphatic heterocycles. The third-order valence-corrected chi connectivity index (χ3v) is 8.64. The predicted molar refractivity (Wildman–Crippen MR) is 174 cm³/mol. The summed E-state index contributed by atoms with van der Waals surface area (Å²) in [4.78, 5) is 41.8. The molecule has 9 nitrogen and oxygen atoms in total. The van der Waals surface area contributed by atoms with E-state index in [9.17, 15) is 14.4 Å². The highest BCUT2D eigenvalue weighted by Gasteiger charge is 2.32. The van der Waals surface area contributed by atoms with Crippen LogP contribution in [0.1, 0.15) is 52.6 Å². The molecule has 2 N–H and O–H groups in total. The number of nitrogens with zero attached hydrogens (tertiary/aromatic N) is 1. The number of methoxy groups -OCH3 is 2. The highest BCUT2D eigenvalue weighted by molar-refractivity contribution is 9.10. The lowest BCUT2D eigenvalue weighted by atomic mass is 10.1. The highest BCUT2D eigenvalue weighted by atomic mass is 79.9. The van der Waals surface area contributed by atoms with Crippen molar-refractivity contribution in [1.82, 2.24) is 10.2 Å². The van der Waals surface area contributed by atoms with Crippen molar-refractivity contribution in [3.05, 3.63) is 92.8 Å². The topological polar surface area (TPSA) is 106 Å². The highest BCUT2D eigenvalue weighted by Crippen LogP contribution is 2.43. The first-order valence-electron chi connectivity index (χ1n) is 13.8. The van der Waals surface area contributed by atoms with Crippen LogP contribution < -0.4 is 24.8 Å². The van der Waals surface area contributed by atoms with Crippen molar-refractivity contribution in [1.29, 1.82) is 0 Å². The van der Waals surface area contributed by atoms with Crippen molar-refractivity contribution in [2.75, 3.05) is 19.5 Å². The molecule has 1 aromatic heterocycles. The molecule has 0 spiro atoms. The number of rotatable bonds is 8. The fraction of sp³-hybridized carbons (Fsp3) is 0.242. The SMILES string of the molecule is COc1cc2c(c(Br)c1OC)CN(Cc1ccc(C(=O)Nc3cc(-c4cccs4)ccc3OC(=O)NC(C)(C)C)cc1)C2=O. The Kier molecular flexibility index (Phi) is 8.98. The Morgan fingerprint density at radius 1 is 1.00 bits per heavy atom. The van der Waals surface area contributed by atoms with E-state index in [1.807, 2.05) is 56.5 Å². The van der Waals surface area contributed by atoms with E-state index in [0.29, 0.717) is 45.9 Å². The van der Waals surface area contributed by atoms with Crippen LogP contribution in [0.4, 0.5) is 10.5 Å². The maximum Gasteiger partial charge on any atom is 0.413 e. The van der Waals surface area contributed by atoms with E-state index in [1.54, 1.807) is 53.7 Å². The average molecular weight is 679 g/mol. The summed E-state index contributed by atoms with van der Waals surface area (Å²) in [5.74, 6) is 0.767. The van der Waals surface area contributed by atoms with E-state index in [0.717, 1.165) is 21.6 Å². The van der Waals surface area contributed by atoms with Crippen molar-refractivity contribution in [3.8, 4) is 27.7 Å². The minimum absolute atomic E-state index is 0.114. The van der Waals surface area contributed by atoms with Crippen molar-refractivity contribution < 1.29 is 28.6 Å². The van der Waals surface area contributed by atoms with Crippen molar-refractivity contribution in [2.24, 2.45) is 0 Å². The van der Waals surface area contributed by atoms with Gasteiger partial charge >= 0.3 is 6.09 Å². The second-order valence-corrected chi connectivity index (χ2v) is 13.0. The number of carbonyl (C=O) groups is 3. The summed E-state index contributed by atoms with van der Waals surface area (Å²) in [6.07, 6.45) is -0.622. The number of hydrogen-bond donors (Lipinski definition) is 2. The van der Waals surface area contributed by atoms with E-state index >= 15 is 0 Å². The van der Waals surface area contributed by atoms with Gasteiger partial charge in [0.2, 0.25) is 0 Å². The van der Waals surface area contributed by atoms with Gasteiger partial charge in [0.1, 0.15) is 0 Å². The zero-order valence-corrected chi connectivity index (χ0v) is 27.4. The third kappa shape index (κ3) is 6.74. The largest absolute Gasteiger partial charge is 0.493 e. The molecule has 0 fully saturated rings. The van der Waals surface area contributed by atoms with E-state index < -0.39 is 11.6 Å². The average Bonchev–Trinajstić information content (AvgIpc) is 3.62. The van der Waals surface area contributed by atoms with E-state index in [4.69, 9.17) is 14.2 Å². The number of ether oxygens (including phenoxy) is 3. The molecular formula is C33H32BrN3O6S. The van der Waals surface area contributed by atoms with Crippen molar-refractivity contribution >= 4 is 50.9 Å². The van der Waals surface area contributed by atoms with Crippen LogP contribution in [0.25, 0.3) is 10.4 Å². The smallest absolute Gasteiger partial charge is 0.413 e. The summed E-state index contributed by atoms with van der Waals surface area (Å²) in [6.45, 7) is 6.32. The van der Waals surface area contributed by atoms with Crippen molar-refractivity contribution in [2.45, 2.75) is 39.4 Å². The molecule has 2 heterocycles. The number of amides is 3. The second-order valence-electron chi connectivity index (χ2n) is 11.2. The second kappa shape index (κ2) is 12.7. The molecule has 0 radical (unpaired) electrons. The van der Waals surface area contributed by atoms with Gasteiger partial charge in [-0.3, -0.25) is 9.59 Å². The molecule has 5 rings (SSSR count). The van der Waals surface area contributed by atoms with Crippen molar-refractivity contribution in [3.63, 3.8) is 0 Å². The van der Waals surface area contributed by atoms with Crippen LogP contribution in [0.2, 0.25) is 0 Å². The van der Waals surface area contributed by atoms with Crippen LogP contribution in [0.15, 0.2) is 70.5 Å². The van der Waals surface area contributed by atoms with Gasteiger partial charge in [-0.1, -0.05) is 18.2 Å². The molecule has 0 saturated carbocycles. The zero-order valence-electron chi connectivity index (χ0n) is 24.9. The Morgan fingerprint density at radius 3 is 2.39 bits per heavy atom. The van der Waals surface area contributed by atoms with Gasteiger partial charge in [-0.05, 0) is 95.7 Å². The standard InChI is InChI=1S/C33H32BrN3O6S/c1-33(2,3)36-32(40)43-25-13-12-21(27-7-6-14-44-27)15-24(25)35-30(38)20-10-8-19(9-11-20)17-37-18-23-22(31(37)39)16-26(41-4)29(42-5)28(23)34/h6-16H,17-18H2,1-5H3,(H,35,38)(H,36,40). The normalized spacial score (nSPS) is 12.5. The number of anilines is 1. The number of halogens is 1. The van der Waals surface area contributed by atoms with Gasteiger partial charge in [-0.15, -0.1) is 11.3 Å². The summed E-state index contributed by atoms with van der Waals surface area (Å²) in [5, 5.41) is 7.64. The molecule has 0 bridgehead atoms. The third-order valence-electron chi connectivity index (χ3n) is 6.88. The Balaban J connectivity index is 1.32. The Morgan fingerprint density at radius 2 is 1.75 bits per heavy atom. The molecule has 0 saturated heterocycles. The van der Waals surface area contributed by atoms with Crippen LogP contribution in [-0.2, 0) is 13.1 Å². The molecule has 0 unspecified atom stereocenters. The summed E-state index contributed by atoms with van der Waals surface area (Å²) in [7, 11) is 3.09. The molecule has 4 aromatic rings. The molecule has 11 heteroatoms. The van der Waals surface area contributed by atoms with Crippen LogP contribution in [0.3, 0.4) is 0 Å². The monoisotopic (exact) mass is 677 g/mol. The van der Waals surface area contributed by atoms with E-state index in [1.165, 1.54) is 7.11 Å². The maximum absolute atomic E-state index is 13.3. The van der Waals surface area contributed by atoms with E-state index in [2.05, 4.69) is 26.6 Å². The fourth-order valence-corrected chi connectivity index (χ4v) is 6.24. The first kappa shape index (κ1) is 31.1. The fourth-order valence-electron chi connectivity index (χ4n) is 4.82. The molecule has 0 atom stereocenters. The quantitative estimate of drug-likeness (QED) is 0.200. The number of carbonyl (C=O) groups excluding carboxylic acids is 3. The lowest BCUT2D eigenvalue weighted by molar-refractivity contribution is 0.0766. The first-order valence-corrected chi connectivity index (χ1v) is 15.5. The summed E-state index contributed by atoms with van der Waals surface area (Å²) >= 11 is 5.13. The number of benzene rings is 3. The molecular weight excluding hydrogens is 646 g/mol. The Labute approximate surface area is 268 Å². The van der Waals surface area contributed by atoms with Gasteiger partial charge in [-0.25, -0.2) is 4.79 Å². The van der Waals surface area contributed by atoms with Gasteiger partial charge in [0, 0.05) is 40.2 Å². The minimum Gasteiger partial charge on any atom is -0.493 e. The molecule has 1 aliphatic rings. The van der Waals surface area contributed by atoms with Crippen LogP contribution >= 0.6 is 27.3 Å². The van der Waals surface area contributed by atoms with Gasteiger partial charge in [0.15, 0.2) is 17.2 Å². The van der Waals surface area contributed by atoms with Crippen LogP contribution in [0.5, 0.6) is 17.2 Å². The predicted octanol–water partition coefficient (Wildman–Crippen LogP) is 7.49. The van der Waals surface area contributed by atoms with Gasteiger partial charge < -0.3 is 29.7 Å². The number of thiophene rings is 1. The Hall–Kier alpha value is -4.35. The summed E-state index contributed by atoms with van der Waals surface area (Å²) in [5.41, 5.74) is 3.43. The molecule has 0 aliphatic carbocycles. The molecule has 3 aromatic carbocycles. The first-order chi connectivity index (χ1) is 21.0. The zero-order chi connectivity index (χ0) is 31.6.